The summed E-state index contributed by atoms with van der Waals surface area (Å²) < 4.78 is 4.81. The minimum atomic E-state index is -0.176. The third kappa shape index (κ3) is 3.06. The van der Waals surface area contributed by atoms with Gasteiger partial charge in [0.2, 0.25) is 0 Å². The highest BCUT2D eigenvalue weighted by Crippen LogP contribution is 2.17. The van der Waals surface area contributed by atoms with Gasteiger partial charge in [-0.3, -0.25) is 4.79 Å². The molecule has 15 heavy (non-hydrogen) atoms. The van der Waals surface area contributed by atoms with E-state index in [0.717, 1.165) is 6.54 Å². The van der Waals surface area contributed by atoms with Crippen molar-refractivity contribution in [2.45, 2.75) is 25.8 Å². The molecule has 0 unspecified atom stereocenters. The van der Waals surface area contributed by atoms with E-state index in [2.05, 4.69) is 15.8 Å². The van der Waals surface area contributed by atoms with Gasteiger partial charge in [-0.05, 0) is 19.8 Å². The van der Waals surface area contributed by atoms with E-state index in [1.165, 1.54) is 12.8 Å². The fraction of sp³-hybridized carbons (Fsp3) is 0.600. The maximum absolute atomic E-state index is 11.5. The lowest BCUT2D eigenvalue weighted by atomic mass is 10.3. The fourth-order valence-corrected chi connectivity index (χ4v) is 1.30. The minimum absolute atomic E-state index is 0.176. The van der Waals surface area contributed by atoms with E-state index in [1.807, 2.05) is 0 Å². The zero-order valence-corrected chi connectivity index (χ0v) is 8.75. The Hall–Kier alpha value is -1.36. The summed E-state index contributed by atoms with van der Waals surface area (Å²) in [5, 5.41) is 9.72. The molecule has 0 aliphatic heterocycles. The van der Waals surface area contributed by atoms with Crippen LogP contribution in [0, 0.1) is 6.92 Å². The molecule has 0 radical (unpaired) electrons. The summed E-state index contributed by atoms with van der Waals surface area (Å²) in [4.78, 5) is 11.5. The second-order valence-electron chi connectivity index (χ2n) is 3.81. The van der Waals surface area contributed by atoms with Crippen molar-refractivity contribution in [1.82, 2.24) is 15.8 Å². The summed E-state index contributed by atoms with van der Waals surface area (Å²) in [6.45, 7) is 3.20. The predicted octanol–water partition coefficient (Wildman–Crippen LogP) is 0.465. The van der Waals surface area contributed by atoms with Crippen LogP contribution in [0.25, 0.3) is 0 Å². The first-order chi connectivity index (χ1) is 7.25. The number of nitrogens with zero attached hydrogens (tertiary/aromatic N) is 1. The van der Waals surface area contributed by atoms with Gasteiger partial charge in [0.15, 0.2) is 5.69 Å². The molecule has 1 fully saturated rings. The molecule has 2 N–H and O–H groups in total. The second-order valence-corrected chi connectivity index (χ2v) is 3.81. The minimum Gasteiger partial charge on any atom is -0.361 e. The van der Waals surface area contributed by atoms with Crippen LogP contribution in [-0.2, 0) is 0 Å². The molecule has 1 saturated carbocycles. The monoisotopic (exact) mass is 209 g/mol. The van der Waals surface area contributed by atoms with Crippen LogP contribution in [0.1, 0.15) is 29.1 Å². The van der Waals surface area contributed by atoms with E-state index in [-0.39, 0.29) is 5.91 Å². The van der Waals surface area contributed by atoms with Gasteiger partial charge in [-0.2, -0.15) is 0 Å². The highest BCUT2D eigenvalue weighted by atomic mass is 16.5. The van der Waals surface area contributed by atoms with Crippen molar-refractivity contribution in [3.63, 3.8) is 0 Å². The van der Waals surface area contributed by atoms with E-state index >= 15 is 0 Å². The van der Waals surface area contributed by atoms with Gasteiger partial charge in [-0.25, -0.2) is 0 Å². The zero-order chi connectivity index (χ0) is 10.7. The average molecular weight is 209 g/mol. The highest BCUT2D eigenvalue weighted by molar-refractivity contribution is 5.92. The van der Waals surface area contributed by atoms with Gasteiger partial charge < -0.3 is 15.2 Å². The number of hydrogen-bond donors (Lipinski definition) is 2. The molecule has 0 saturated heterocycles. The number of nitrogens with one attached hydrogen (secondary N) is 2. The Labute approximate surface area is 88.2 Å². The Morgan fingerprint density at radius 2 is 2.40 bits per heavy atom. The maximum Gasteiger partial charge on any atom is 0.273 e. The van der Waals surface area contributed by atoms with Crippen molar-refractivity contribution < 1.29 is 9.32 Å². The molecule has 1 aliphatic rings. The standard InChI is InChI=1S/C10H15N3O2/c1-7-6-9(13-15-7)10(14)12-5-4-11-8-2-3-8/h6,8,11H,2-5H2,1H3,(H,12,14). The van der Waals surface area contributed by atoms with Crippen molar-refractivity contribution in [2.75, 3.05) is 13.1 Å². The van der Waals surface area contributed by atoms with E-state index in [4.69, 9.17) is 4.52 Å². The molecule has 0 spiro atoms. The van der Waals surface area contributed by atoms with Gasteiger partial charge in [0.25, 0.3) is 5.91 Å². The number of rotatable bonds is 5. The molecule has 5 heteroatoms. The summed E-state index contributed by atoms with van der Waals surface area (Å²) in [6, 6.07) is 2.31. The fourth-order valence-electron chi connectivity index (χ4n) is 1.30. The van der Waals surface area contributed by atoms with Crippen LogP contribution in [0.3, 0.4) is 0 Å². The van der Waals surface area contributed by atoms with Crippen LogP contribution in [0.4, 0.5) is 0 Å². The summed E-state index contributed by atoms with van der Waals surface area (Å²) in [5.74, 6) is 0.473. The van der Waals surface area contributed by atoms with Crippen LogP contribution in [0.15, 0.2) is 10.6 Å². The maximum atomic E-state index is 11.5. The van der Waals surface area contributed by atoms with Crippen molar-refractivity contribution in [2.24, 2.45) is 0 Å². The van der Waals surface area contributed by atoms with Crippen molar-refractivity contribution in [3.05, 3.63) is 17.5 Å². The van der Waals surface area contributed by atoms with Crippen molar-refractivity contribution >= 4 is 5.91 Å². The average Bonchev–Trinajstić information content (AvgIpc) is 2.94. The van der Waals surface area contributed by atoms with Crippen LogP contribution in [0.2, 0.25) is 0 Å². The van der Waals surface area contributed by atoms with Gasteiger partial charge >= 0.3 is 0 Å². The largest absolute Gasteiger partial charge is 0.361 e. The quantitative estimate of drug-likeness (QED) is 0.691. The van der Waals surface area contributed by atoms with Crippen LogP contribution >= 0.6 is 0 Å². The van der Waals surface area contributed by atoms with E-state index < -0.39 is 0 Å². The Morgan fingerprint density at radius 1 is 1.60 bits per heavy atom. The number of aryl methyl sites for hydroxylation is 1. The lowest BCUT2D eigenvalue weighted by Gasteiger charge is -2.03. The number of amides is 1. The van der Waals surface area contributed by atoms with Crippen molar-refractivity contribution in [1.29, 1.82) is 0 Å². The van der Waals surface area contributed by atoms with Gasteiger partial charge in [0, 0.05) is 25.2 Å². The second kappa shape index (κ2) is 4.44. The van der Waals surface area contributed by atoms with Gasteiger partial charge in [-0.15, -0.1) is 0 Å². The Balaban J connectivity index is 1.67. The molecular formula is C10H15N3O2. The third-order valence-electron chi connectivity index (χ3n) is 2.28. The van der Waals surface area contributed by atoms with Crippen LogP contribution in [-0.4, -0.2) is 30.2 Å². The molecule has 1 aromatic heterocycles. The lowest BCUT2D eigenvalue weighted by molar-refractivity contribution is 0.0945. The van der Waals surface area contributed by atoms with Gasteiger partial charge in [0.1, 0.15) is 5.76 Å². The molecule has 1 aliphatic carbocycles. The highest BCUT2D eigenvalue weighted by Gasteiger charge is 2.19. The first-order valence-corrected chi connectivity index (χ1v) is 5.20. The van der Waals surface area contributed by atoms with E-state index in [1.54, 1.807) is 13.0 Å². The summed E-state index contributed by atoms with van der Waals surface area (Å²) in [6.07, 6.45) is 2.52. The molecule has 0 atom stereocenters. The van der Waals surface area contributed by atoms with Gasteiger partial charge in [0.05, 0.1) is 0 Å². The number of carbonyl (C=O) groups excluding carboxylic acids is 1. The number of hydrogen-bond acceptors (Lipinski definition) is 4. The van der Waals surface area contributed by atoms with Crippen molar-refractivity contribution in [3.8, 4) is 0 Å². The zero-order valence-electron chi connectivity index (χ0n) is 8.75. The first-order valence-electron chi connectivity index (χ1n) is 5.20. The molecule has 5 nitrogen and oxygen atoms in total. The molecule has 0 aromatic carbocycles. The first kappa shape index (κ1) is 10.2. The van der Waals surface area contributed by atoms with Crippen LogP contribution < -0.4 is 10.6 Å². The number of aromatic nitrogens is 1. The molecule has 1 aromatic rings. The normalized spacial score (nSPS) is 15.3. The van der Waals surface area contributed by atoms with Crippen LogP contribution in [0.5, 0.6) is 0 Å². The Morgan fingerprint density at radius 3 is 3.00 bits per heavy atom. The lowest BCUT2D eigenvalue weighted by Crippen LogP contribution is -2.32. The number of carbonyl (C=O) groups is 1. The van der Waals surface area contributed by atoms with E-state index in [0.29, 0.717) is 24.0 Å². The smallest absolute Gasteiger partial charge is 0.273 e. The Kier molecular flexibility index (Phi) is 3.01. The third-order valence-corrected chi connectivity index (χ3v) is 2.28. The molecule has 1 amide bonds. The molecular weight excluding hydrogens is 194 g/mol. The van der Waals surface area contributed by atoms with E-state index in [9.17, 15) is 4.79 Å². The Bertz CT molecular complexity index is 344. The predicted molar refractivity (Wildman–Crippen MR) is 54.6 cm³/mol. The molecule has 0 bridgehead atoms. The topological polar surface area (TPSA) is 67.2 Å². The summed E-state index contributed by atoms with van der Waals surface area (Å²) >= 11 is 0. The molecule has 1 heterocycles. The summed E-state index contributed by atoms with van der Waals surface area (Å²) in [7, 11) is 0. The molecule has 2 rings (SSSR count). The summed E-state index contributed by atoms with van der Waals surface area (Å²) in [5.41, 5.74) is 0.346. The van der Waals surface area contributed by atoms with Gasteiger partial charge in [-0.1, -0.05) is 5.16 Å². The molecule has 82 valence electrons. The SMILES string of the molecule is Cc1cc(C(=O)NCCNC2CC2)no1.